The minimum atomic E-state index is -0.301. The maximum Gasteiger partial charge on any atom is 0.306 e. The minimum Gasteiger partial charge on any atom is -0.508 e. The second kappa shape index (κ2) is 15.4. The van der Waals surface area contributed by atoms with Crippen molar-refractivity contribution in [2.45, 2.75) is 176 Å². The second-order valence-corrected chi connectivity index (χ2v) is 20.8. The first kappa shape index (κ1) is 43.3. The summed E-state index contributed by atoms with van der Waals surface area (Å²) in [4.78, 5) is 29.4. The third kappa shape index (κ3) is 11.0. The molecule has 7 nitrogen and oxygen atoms in total. The Morgan fingerprint density at radius 1 is 0.692 bits per heavy atom. The average molecular weight is 722 g/mol. The molecule has 1 saturated heterocycles. The predicted octanol–water partition coefficient (Wildman–Crippen LogP) is 10.5. The van der Waals surface area contributed by atoms with Crippen molar-refractivity contribution < 1.29 is 29.3 Å². The van der Waals surface area contributed by atoms with Gasteiger partial charge in [0.15, 0.2) is 0 Å². The number of rotatable bonds is 10. The average Bonchev–Trinajstić information content (AvgIpc) is 2.94. The molecular weight excluding hydrogens is 650 g/mol. The molecule has 7 heteroatoms. The highest BCUT2D eigenvalue weighted by molar-refractivity contribution is 5.71. The Hall–Kier alpha value is -3.06. The molecule has 1 aliphatic rings. The van der Waals surface area contributed by atoms with Crippen LogP contribution in [0.3, 0.4) is 0 Å². The molecule has 3 rings (SSSR count). The highest BCUT2D eigenvalue weighted by atomic mass is 16.5. The molecular formula is C45H71NO6. The molecule has 2 atom stereocenters. The zero-order valence-corrected chi connectivity index (χ0v) is 35.4. The van der Waals surface area contributed by atoms with Gasteiger partial charge in [-0.2, -0.15) is 0 Å². The molecule has 1 heterocycles. The van der Waals surface area contributed by atoms with Gasteiger partial charge in [0, 0.05) is 30.5 Å². The standard InChI is InChI=1S/C45H71NO6/c1-40(2,3)32(29-17-19-36(47)34(23-29)42(7,8)9)25-38(49)51-22-21-46-44(13,14)27-31(28-45(46,15)16)52-39(50)26-33(41(4,5)6)30-18-20-37(48)35(24-30)43(10,11)12/h17-20,23-24,31-33,47-48H,21-22,25-28H2,1-16H3. The largest absolute Gasteiger partial charge is 0.508 e. The second-order valence-electron chi connectivity index (χ2n) is 20.8. The molecule has 292 valence electrons. The summed E-state index contributed by atoms with van der Waals surface area (Å²) in [5.74, 6) is -0.0525. The summed E-state index contributed by atoms with van der Waals surface area (Å²) in [6.45, 7) is 34.8. The van der Waals surface area contributed by atoms with Crippen molar-refractivity contribution in [3.8, 4) is 11.5 Å². The summed E-state index contributed by atoms with van der Waals surface area (Å²) in [5, 5.41) is 21.1. The lowest BCUT2D eigenvalue weighted by atomic mass is 9.73. The summed E-state index contributed by atoms with van der Waals surface area (Å²) in [6.07, 6.45) is 1.61. The molecule has 0 radical (unpaired) electrons. The maximum atomic E-state index is 13.6. The molecule has 0 bridgehead atoms. The van der Waals surface area contributed by atoms with Crippen molar-refractivity contribution >= 4 is 11.9 Å². The maximum absolute atomic E-state index is 13.6. The van der Waals surface area contributed by atoms with Crippen LogP contribution in [0.25, 0.3) is 0 Å². The first-order valence-electron chi connectivity index (χ1n) is 19.2. The Bertz CT molecular complexity index is 1540. The van der Waals surface area contributed by atoms with Crippen LogP contribution in [0.15, 0.2) is 36.4 Å². The highest BCUT2D eigenvalue weighted by Crippen LogP contribution is 2.44. The Morgan fingerprint density at radius 3 is 1.44 bits per heavy atom. The number of esters is 2. The smallest absolute Gasteiger partial charge is 0.306 e. The Balaban J connectivity index is 1.67. The number of nitrogens with zero attached hydrogens (tertiary/aromatic N) is 1. The van der Waals surface area contributed by atoms with Crippen LogP contribution in [0.1, 0.15) is 171 Å². The van der Waals surface area contributed by atoms with Crippen molar-refractivity contribution in [2.24, 2.45) is 10.8 Å². The van der Waals surface area contributed by atoms with E-state index in [0.29, 0.717) is 19.4 Å². The van der Waals surface area contributed by atoms with Gasteiger partial charge < -0.3 is 19.7 Å². The van der Waals surface area contributed by atoms with Crippen LogP contribution in [0.4, 0.5) is 0 Å². The Morgan fingerprint density at radius 2 is 1.08 bits per heavy atom. The van der Waals surface area contributed by atoms with Gasteiger partial charge in [0.1, 0.15) is 24.2 Å². The van der Waals surface area contributed by atoms with E-state index in [1.54, 1.807) is 12.1 Å². The fraction of sp³-hybridized carbons (Fsp3) is 0.689. The lowest BCUT2D eigenvalue weighted by Gasteiger charge is -2.54. The zero-order chi connectivity index (χ0) is 39.8. The lowest BCUT2D eigenvalue weighted by molar-refractivity contribution is -0.164. The minimum absolute atomic E-state index is 0.0764. The van der Waals surface area contributed by atoms with Gasteiger partial charge in [0.05, 0.1) is 12.8 Å². The molecule has 2 aromatic carbocycles. The molecule has 2 aromatic rings. The fourth-order valence-corrected chi connectivity index (χ4v) is 8.38. The van der Waals surface area contributed by atoms with Crippen molar-refractivity contribution in [1.29, 1.82) is 0 Å². The van der Waals surface area contributed by atoms with Gasteiger partial charge in [-0.15, -0.1) is 0 Å². The Labute approximate surface area is 315 Å². The molecule has 1 aliphatic heterocycles. The monoisotopic (exact) mass is 722 g/mol. The summed E-state index contributed by atoms with van der Waals surface area (Å²) < 4.78 is 12.2. The number of phenolic OH excluding ortho intramolecular Hbond substituents is 2. The van der Waals surface area contributed by atoms with Gasteiger partial charge in [0.25, 0.3) is 0 Å². The van der Waals surface area contributed by atoms with Gasteiger partial charge in [-0.3, -0.25) is 14.5 Å². The molecule has 2 N–H and O–H groups in total. The van der Waals surface area contributed by atoms with Crippen molar-refractivity contribution in [3.63, 3.8) is 0 Å². The number of phenols is 2. The van der Waals surface area contributed by atoms with E-state index in [0.717, 1.165) is 22.3 Å². The number of benzene rings is 2. The van der Waals surface area contributed by atoms with Crippen LogP contribution < -0.4 is 0 Å². The molecule has 52 heavy (non-hydrogen) atoms. The third-order valence-electron chi connectivity index (χ3n) is 11.1. The summed E-state index contributed by atoms with van der Waals surface area (Å²) >= 11 is 0. The number of aromatic hydroxyl groups is 2. The molecule has 2 unspecified atom stereocenters. The normalized spacial score (nSPS) is 18.5. The first-order valence-corrected chi connectivity index (χ1v) is 19.2. The number of piperidine rings is 1. The SMILES string of the molecule is CC(C)(C)c1cc(C(CC(=O)OCCN2C(C)(C)CC(OC(=O)CC(c3ccc(O)c(C(C)(C)C)c3)C(C)(C)C)CC2(C)C)C(C)(C)C)ccc1O. The van der Waals surface area contributed by atoms with E-state index in [4.69, 9.17) is 9.47 Å². The molecule has 0 saturated carbocycles. The van der Waals surface area contributed by atoms with Crippen LogP contribution in [-0.4, -0.2) is 57.4 Å². The number of carbonyl (C=O) groups excluding carboxylic acids is 2. The third-order valence-corrected chi connectivity index (χ3v) is 11.1. The van der Waals surface area contributed by atoms with E-state index in [1.807, 2.05) is 18.2 Å². The van der Waals surface area contributed by atoms with Gasteiger partial charge in [-0.1, -0.05) is 107 Å². The van der Waals surface area contributed by atoms with Crippen LogP contribution in [0.2, 0.25) is 0 Å². The van der Waals surface area contributed by atoms with E-state index in [-0.39, 0.29) is 93.6 Å². The topological polar surface area (TPSA) is 96.3 Å². The van der Waals surface area contributed by atoms with Crippen LogP contribution in [0.5, 0.6) is 11.5 Å². The number of hydrogen-bond acceptors (Lipinski definition) is 7. The van der Waals surface area contributed by atoms with E-state index >= 15 is 0 Å². The molecule has 0 spiro atoms. The summed E-state index contributed by atoms with van der Waals surface area (Å²) in [6, 6.07) is 11.4. The van der Waals surface area contributed by atoms with Crippen molar-refractivity contribution in [2.75, 3.05) is 13.2 Å². The number of ether oxygens (including phenoxy) is 2. The predicted molar refractivity (Wildman–Crippen MR) is 212 cm³/mol. The number of carbonyl (C=O) groups is 2. The lowest BCUT2D eigenvalue weighted by Crippen LogP contribution is -2.63. The molecule has 0 aliphatic carbocycles. The quantitative estimate of drug-likeness (QED) is 0.236. The molecule has 0 amide bonds. The molecule has 0 aromatic heterocycles. The Kier molecular flexibility index (Phi) is 12.8. The van der Waals surface area contributed by atoms with E-state index in [2.05, 4.69) is 122 Å². The molecule has 1 fully saturated rings. The van der Waals surface area contributed by atoms with Gasteiger partial charge >= 0.3 is 11.9 Å². The van der Waals surface area contributed by atoms with Crippen LogP contribution >= 0.6 is 0 Å². The van der Waals surface area contributed by atoms with E-state index in [1.165, 1.54) is 0 Å². The number of hydrogen-bond donors (Lipinski definition) is 2. The summed E-state index contributed by atoms with van der Waals surface area (Å²) in [5.41, 5.74) is 2.34. The van der Waals surface area contributed by atoms with Gasteiger partial charge in [-0.25, -0.2) is 0 Å². The van der Waals surface area contributed by atoms with Crippen molar-refractivity contribution in [1.82, 2.24) is 4.90 Å². The highest BCUT2D eigenvalue weighted by Gasteiger charge is 2.47. The van der Waals surface area contributed by atoms with Crippen molar-refractivity contribution in [3.05, 3.63) is 58.7 Å². The van der Waals surface area contributed by atoms with E-state index < -0.39 is 0 Å². The zero-order valence-electron chi connectivity index (χ0n) is 35.4. The van der Waals surface area contributed by atoms with E-state index in [9.17, 15) is 19.8 Å². The summed E-state index contributed by atoms with van der Waals surface area (Å²) in [7, 11) is 0. The fourth-order valence-electron chi connectivity index (χ4n) is 8.38. The number of likely N-dealkylation sites (tertiary alicyclic amines) is 1. The first-order chi connectivity index (χ1) is 23.4. The van der Waals surface area contributed by atoms with Crippen LogP contribution in [0, 0.1) is 10.8 Å². The van der Waals surface area contributed by atoms with Gasteiger partial charge in [-0.05, 0) is 95.6 Å². The van der Waals surface area contributed by atoms with Gasteiger partial charge in [0.2, 0.25) is 0 Å². The van der Waals surface area contributed by atoms with Crippen LogP contribution in [-0.2, 0) is 29.9 Å².